The van der Waals surface area contributed by atoms with E-state index in [0.717, 1.165) is 19.5 Å². The third-order valence-electron chi connectivity index (χ3n) is 3.62. The molecule has 1 rings (SSSR count). The highest BCUT2D eigenvalue weighted by molar-refractivity contribution is 5.54. The van der Waals surface area contributed by atoms with Crippen LogP contribution in [0.25, 0.3) is 0 Å². The lowest BCUT2D eigenvalue weighted by Crippen LogP contribution is -2.26. The van der Waals surface area contributed by atoms with Crippen molar-refractivity contribution < 1.29 is 0 Å². The Bertz CT molecular complexity index is 349. The van der Waals surface area contributed by atoms with E-state index in [1.807, 2.05) is 0 Å². The molecule has 2 nitrogen and oxygen atoms in total. The second-order valence-electron chi connectivity index (χ2n) is 5.25. The highest BCUT2D eigenvalue weighted by Crippen LogP contribution is 2.27. The van der Waals surface area contributed by atoms with Gasteiger partial charge in [-0.25, -0.2) is 0 Å². The summed E-state index contributed by atoms with van der Waals surface area (Å²) >= 11 is 0. The largest absolute Gasteiger partial charge is 0.374 e. The number of rotatable bonds is 9. The van der Waals surface area contributed by atoms with Gasteiger partial charge >= 0.3 is 0 Å². The molecule has 0 amide bonds. The first-order valence-electron chi connectivity index (χ1n) is 7.77. The molecule has 0 aromatic heterocycles. The van der Waals surface area contributed by atoms with E-state index in [1.165, 1.54) is 30.5 Å². The summed E-state index contributed by atoms with van der Waals surface area (Å²) in [5, 5.41) is 3.66. The molecule has 0 saturated heterocycles. The Hall–Kier alpha value is -1.02. The predicted octanol–water partition coefficient (Wildman–Crippen LogP) is 4.37. The molecule has 19 heavy (non-hydrogen) atoms. The van der Waals surface area contributed by atoms with Gasteiger partial charge in [0.1, 0.15) is 0 Å². The van der Waals surface area contributed by atoms with E-state index in [0.29, 0.717) is 6.04 Å². The van der Waals surface area contributed by atoms with Gasteiger partial charge in [0, 0.05) is 25.3 Å². The normalized spacial score (nSPS) is 12.4. The van der Waals surface area contributed by atoms with Crippen LogP contribution in [0.4, 0.5) is 5.69 Å². The van der Waals surface area contributed by atoms with Crippen LogP contribution in [0.1, 0.15) is 58.1 Å². The van der Waals surface area contributed by atoms with Crippen molar-refractivity contribution in [1.82, 2.24) is 5.32 Å². The van der Waals surface area contributed by atoms with Gasteiger partial charge < -0.3 is 10.2 Å². The Morgan fingerprint density at radius 1 is 1.11 bits per heavy atom. The first kappa shape index (κ1) is 16.0. The van der Waals surface area contributed by atoms with E-state index < -0.39 is 0 Å². The van der Waals surface area contributed by atoms with E-state index in [-0.39, 0.29) is 0 Å². The van der Waals surface area contributed by atoms with Crippen LogP contribution >= 0.6 is 0 Å². The van der Waals surface area contributed by atoms with Crippen LogP contribution in [0.2, 0.25) is 0 Å². The molecule has 0 fully saturated rings. The average Bonchev–Trinajstić information content (AvgIpc) is 2.46. The Labute approximate surface area is 119 Å². The van der Waals surface area contributed by atoms with Crippen molar-refractivity contribution in [1.29, 1.82) is 0 Å². The minimum Gasteiger partial charge on any atom is -0.374 e. The quantitative estimate of drug-likeness (QED) is 0.710. The van der Waals surface area contributed by atoms with Gasteiger partial charge in [-0.05, 0) is 37.4 Å². The Morgan fingerprint density at radius 3 is 2.47 bits per heavy atom. The molecule has 108 valence electrons. The molecule has 1 unspecified atom stereocenters. The molecule has 0 heterocycles. The molecule has 0 saturated carbocycles. The molecular formula is C17H30N2. The van der Waals surface area contributed by atoms with E-state index in [1.54, 1.807) is 0 Å². The maximum absolute atomic E-state index is 3.66. The second kappa shape index (κ2) is 8.98. The molecular weight excluding hydrogens is 232 g/mol. The van der Waals surface area contributed by atoms with Crippen molar-refractivity contribution >= 4 is 5.69 Å². The number of nitrogens with one attached hydrogen (secondary N) is 1. The van der Waals surface area contributed by atoms with Gasteiger partial charge in [-0.3, -0.25) is 0 Å². The number of para-hydroxylation sites is 1. The molecule has 2 heteroatoms. The maximum Gasteiger partial charge on any atom is 0.0412 e. The van der Waals surface area contributed by atoms with E-state index in [4.69, 9.17) is 0 Å². The third kappa shape index (κ3) is 4.87. The summed E-state index contributed by atoms with van der Waals surface area (Å²) in [6.07, 6.45) is 4.82. The van der Waals surface area contributed by atoms with Crippen LogP contribution < -0.4 is 10.2 Å². The minimum absolute atomic E-state index is 0.472. The SMILES string of the molecule is CCCCN(C)c1ccccc1C(CC)NCCC. The highest BCUT2D eigenvalue weighted by Gasteiger charge is 2.14. The first-order valence-corrected chi connectivity index (χ1v) is 7.77. The van der Waals surface area contributed by atoms with Gasteiger partial charge in [0.25, 0.3) is 0 Å². The molecule has 1 aromatic carbocycles. The summed E-state index contributed by atoms with van der Waals surface area (Å²) in [6.45, 7) is 8.95. The maximum atomic E-state index is 3.66. The van der Waals surface area contributed by atoms with Crippen molar-refractivity contribution in [3.8, 4) is 0 Å². The summed E-state index contributed by atoms with van der Waals surface area (Å²) in [5.74, 6) is 0. The van der Waals surface area contributed by atoms with Gasteiger partial charge in [0.15, 0.2) is 0 Å². The Balaban J connectivity index is 2.86. The minimum atomic E-state index is 0.472. The van der Waals surface area contributed by atoms with E-state index in [9.17, 15) is 0 Å². The van der Waals surface area contributed by atoms with Gasteiger partial charge in [-0.2, -0.15) is 0 Å². The number of anilines is 1. The molecule has 1 N–H and O–H groups in total. The van der Waals surface area contributed by atoms with Crippen LogP contribution in [0.3, 0.4) is 0 Å². The lowest BCUT2D eigenvalue weighted by Gasteiger charge is -2.26. The van der Waals surface area contributed by atoms with Crippen molar-refractivity contribution in [3.05, 3.63) is 29.8 Å². The summed E-state index contributed by atoms with van der Waals surface area (Å²) in [4.78, 5) is 2.40. The zero-order chi connectivity index (χ0) is 14.1. The summed E-state index contributed by atoms with van der Waals surface area (Å²) < 4.78 is 0. The van der Waals surface area contributed by atoms with Crippen molar-refractivity contribution in [2.75, 3.05) is 25.0 Å². The fraction of sp³-hybridized carbons (Fsp3) is 0.647. The van der Waals surface area contributed by atoms with Gasteiger partial charge in [-0.15, -0.1) is 0 Å². The lowest BCUT2D eigenvalue weighted by atomic mass is 10.0. The van der Waals surface area contributed by atoms with Crippen LogP contribution in [-0.2, 0) is 0 Å². The van der Waals surface area contributed by atoms with Crippen molar-refractivity contribution in [2.24, 2.45) is 0 Å². The monoisotopic (exact) mass is 262 g/mol. The fourth-order valence-electron chi connectivity index (χ4n) is 2.44. The summed E-state index contributed by atoms with van der Waals surface area (Å²) in [6, 6.07) is 9.30. The number of hydrogen-bond donors (Lipinski definition) is 1. The van der Waals surface area contributed by atoms with Gasteiger partial charge in [0.05, 0.1) is 0 Å². The van der Waals surface area contributed by atoms with Gasteiger partial charge in [0.2, 0.25) is 0 Å². The van der Waals surface area contributed by atoms with Crippen LogP contribution in [0.5, 0.6) is 0 Å². The number of unbranched alkanes of at least 4 members (excludes halogenated alkanes) is 1. The standard InChI is InChI=1S/C17H30N2/c1-5-8-14-19(4)17-12-10-9-11-15(17)16(7-3)18-13-6-2/h9-12,16,18H,5-8,13-14H2,1-4H3. The number of nitrogens with zero attached hydrogens (tertiary/aromatic N) is 1. The third-order valence-corrected chi connectivity index (χ3v) is 3.62. The van der Waals surface area contributed by atoms with Crippen LogP contribution in [0.15, 0.2) is 24.3 Å². The molecule has 0 aliphatic rings. The second-order valence-corrected chi connectivity index (χ2v) is 5.25. The Kier molecular flexibility index (Phi) is 7.57. The average molecular weight is 262 g/mol. The zero-order valence-electron chi connectivity index (χ0n) is 13.1. The molecule has 0 bridgehead atoms. The summed E-state index contributed by atoms with van der Waals surface area (Å²) in [7, 11) is 2.21. The summed E-state index contributed by atoms with van der Waals surface area (Å²) in [5.41, 5.74) is 2.82. The predicted molar refractivity (Wildman–Crippen MR) is 85.9 cm³/mol. The lowest BCUT2D eigenvalue weighted by molar-refractivity contribution is 0.518. The van der Waals surface area contributed by atoms with E-state index >= 15 is 0 Å². The van der Waals surface area contributed by atoms with Gasteiger partial charge in [-0.1, -0.05) is 45.4 Å². The van der Waals surface area contributed by atoms with Crippen molar-refractivity contribution in [3.63, 3.8) is 0 Å². The molecule has 0 radical (unpaired) electrons. The van der Waals surface area contributed by atoms with Crippen molar-refractivity contribution in [2.45, 2.75) is 52.5 Å². The smallest absolute Gasteiger partial charge is 0.0412 e. The van der Waals surface area contributed by atoms with Crippen LogP contribution in [-0.4, -0.2) is 20.1 Å². The molecule has 0 aliphatic heterocycles. The zero-order valence-corrected chi connectivity index (χ0v) is 13.1. The molecule has 1 aromatic rings. The molecule has 1 atom stereocenters. The van der Waals surface area contributed by atoms with Crippen LogP contribution in [0, 0.1) is 0 Å². The molecule has 0 aliphatic carbocycles. The molecule has 0 spiro atoms. The first-order chi connectivity index (χ1) is 9.24. The van der Waals surface area contributed by atoms with E-state index in [2.05, 4.69) is 62.3 Å². The fourth-order valence-corrected chi connectivity index (χ4v) is 2.44. The number of hydrogen-bond acceptors (Lipinski definition) is 2. The highest BCUT2D eigenvalue weighted by atomic mass is 15.1. The topological polar surface area (TPSA) is 15.3 Å². The number of benzene rings is 1. The Morgan fingerprint density at radius 2 is 1.84 bits per heavy atom.